The third kappa shape index (κ3) is 3.25. The molecule has 0 saturated carbocycles. The summed E-state index contributed by atoms with van der Waals surface area (Å²) in [5.41, 5.74) is 1.64. The van der Waals surface area contributed by atoms with Crippen LogP contribution in [0.2, 0.25) is 0 Å². The van der Waals surface area contributed by atoms with Crippen LogP contribution in [0.3, 0.4) is 0 Å². The maximum atomic E-state index is 12.9. The Morgan fingerprint density at radius 2 is 1.75 bits per heavy atom. The van der Waals surface area contributed by atoms with Crippen LogP contribution in [-0.4, -0.2) is 27.4 Å². The lowest BCUT2D eigenvalue weighted by Gasteiger charge is -2.26. The van der Waals surface area contributed by atoms with Crippen LogP contribution < -0.4 is 10.2 Å². The first kappa shape index (κ1) is 17.9. The molecule has 138 valence electrons. The van der Waals surface area contributed by atoms with Gasteiger partial charge >= 0.3 is 6.03 Å². The molecular weight excluding hydrogens is 424 g/mol. The molecular formula is C20H13BrN4O3. The van der Waals surface area contributed by atoms with Crippen molar-refractivity contribution in [3.05, 3.63) is 82.9 Å². The Balaban J connectivity index is 1.74. The molecule has 0 spiro atoms. The molecule has 4 rings (SSSR count). The summed E-state index contributed by atoms with van der Waals surface area (Å²) in [6, 6.07) is 13.6. The van der Waals surface area contributed by atoms with Crippen LogP contribution >= 0.6 is 15.9 Å². The van der Waals surface area contributed by atoms with E-state index in [1.165, 1.54) is 18.5 Å². The standard InChI is InChI=1S/C20H13BrN4O3/c21-13-5-7-14(8-6-13)24-10-2-4-15(24)11-17-18(26)23-20(28)25(19(17)27)16-3-1-9-22-12-16/h1-12H,(H,23,26,28)/b17-11-. The number of nitrogens with one attached hydrogen (secondary N) is 1. The second-order valence-electron chi connectivity index (χ2n) is 5.95. The van der Waals surface area contributed by atoms with Crippen LogP contribution in [0.15, 0.2) is 77.2 Å². The number of benzene rings is 1. The van der Waals surface area contributed by atoms with E-state index in [2.05, 4.69) is 26.2 Å². The lowest BCUT2D eigenvalue weighted by molar-refractivity contribution is -0.122. The third-order valence-electron chi connectivity index (χ3n) is 4.18. The highest BCUT2D eigenvalue weighted by molar-refractivity contribution is 9.10. The summed E-state index contributed by atoms with van der Waals surface area (Å²) in [5.74, 6) is -1.44. The Morgan fingerprint density at radius 1 is 0.964 bits per heavy atom. The van der Waals surface area contributed by atoms with Gasteiger partial charge in [-0.2, -0.15) is 0 Å². The number of carbonyl (C=O) groups excluding carboxylic acids is 3. The van der Waals surface area contributed by atoms with E-state index < -0.39 is 17.8 Å². The van der Waals surface area contributed by atoms with Crippen LogP contribution in [0.4, 0.5) is 10.5 Å². The summed E-state index contributed by atoms with van der Waals surface area (Å²) in [6.07, 6.45) is 6.21. The van der Waals surface area contributed by atoms with Crippen molar-refractivity contribution in [3.8, 4) is 5.69 Å². The number of hydrogen-bond donors (Lipinski definition) is 1. The highest BCUT2D eigenvalue weighted by Crippen LogP contribution is 2.23. The van der Waals surface area contributed by atoms with E-state index in [0.717, 1.165) is 15.1 Å². The van der Waals surface area contributed by atoms with Gasteiger partial charge in [-0.1, -0.05) is 15.9 Å². The van der Waals surface area contributed by atoms with Gasteiger partial charge in [0.1, 0.15) is 5.57 Å². The first-order chi connectivity index (χ1) is 13.5. The van der Waals surface area contributed by atoms with E-state index in [1.54, 1.807) is 18.2 Å². The van der Waals surface area contributed by atoms with Gasteiger partial charge in [-0.25, -0.2) is 9.69 Å². The Kier molecular flexibility index (Phi) is 4.62. The molecule has 4 amide bonds. The number of amides is 4. The predicted molar refractivity (Wildman–Crippen MR) is 107 cm³/mol. The van der Waals surface area contributed by atoms with Gasteiger partial charge in [0.2, 0.25) is 0 Å². The van der Waals surface area contributed by atoms with Gasteiger partial charge in [-0.3, -0.25) is 19.9 Å². The van der Waals surface area contributed by atoms with Crippen LogP contribution in [0, 0.1) is 0 Å². The van der Waals surface area contributed by atoms with Crippen LogP contribution in [0.25, 0.3) is 11.8 Å². The third-order valence-corrected chi connectivity index (χ3v) is 4.71. The summed E-state index contributed by atoms with van der Waals surface area (Å²) in [5, 5.41) is 2.20. The summed E-state index contributed by atoms with van der Waals surface area (Å²) in [4.78, 5) is 42.2. The molecule has 1 aliphatic rings. The van der Waals surface area contributed by atoms with Gasteiger partial charge in [0.15, 0.2) is 0 Å². The molecule has 7 nitrogen and oxygen atoms in total. The highest BCUT2D eigenvalue weighted by atomic mass is 79.9. The lowest BCUT2D eigenvalue weighted by Crippen LogP contribution is -2.54. The topological polar surface area (TPSA) is 84.3 Å². The summed E-state index contributed by atoms with van der Waals surface area (Å²) < 4.78 is 2.78. The number of anilines is 1. The molecule has 0 unspecified atom stereocenters. The van der Waals surface area contributed by atoms with Crippen LogP contribution in [-0.2, 0) is 9.59 Å². The minimum atomic E-state index is -0.802. The highest BCUT2D eigenvalue weighted by Gasteiger charge is 2.37. The molecule has 1 fully saturated rings. The zero-order valence-corrected chi connectivity index (χ0v) is 16.0. The quantitative estimate of drug-likeness (QED) is 0.504. The number of aromatic nitrogens is 2. The lowest BCUT2D eigenvalue weighted by atomic mass is 10.1. The van der Waals surface area contributed by atoms with Gasteiger partial charge in [0.05, 0.1) is 11.9 Å². The fourth-order valence-corrected chi connectivity index (χ4v) is 3.14. The van der Waals surface area contributed by atoms with E-state index in [9.17, 15) is 14.4 Å². The molecule has 28 heavy (non-hydrogen) atoms. The fourth-order valence-electron chi connectivity index (χ4n) is 2.87. The number of halogens is 1. The molecule has 1 aliphatic heterocycles. The van der Waals surface area contributed by atoms with Gasteiger partial charge < -0.3 is 4.57 Å². The minimum absolute atomic E-state index is 0.138. The van der Waals surface area contributed by atoms with Crippen molar-refractivity contribution in [3.63, 3.8) is 0 Å². The van der Waals surface area contributed by atoms with Gasteiger partial charge in [-0.15, -0.1) is 0 Å². The Labute approximate surface area is 168 Å². The van der Waals surface area contributed by atoms with Crippen molar-refractivity contribution in [2.24, 2.45) is 0 Å². The van der Waals surface area contributed by atoms with Crippen molar-refractivity contribution >= 4 is 45.5 Å². The molecule has 3 aromatic rings. The van der Waals surface area contributed by atoms with Crippen molar-refractivity contribution in [2.75, 3.05) is 4.90 Å². The molecule has 0 bridgehead atoms. The van der Waals surface area contributed by atoms with Gasteiger partial charge in [-0.05, 0) is 54.6 Å². The monoisotopic (exact) mass is 436 g/mol. The zero-order chi connectivity index (χ0) is 19.7. The predicted octanol–water partition coefficient (Wildman–Crippen LogP) is 3.30. The Bertz CT molecular complexity index is 1100. The minimum Gasteiger partial charge on any atom is -0.317 e. The molecule has 1 aromatic carbocycles. The average Bonchev–Trinajstić information content (AvgIpc) is 3.15. The molecule has 0 aliphatic carbocycles. The molecule has 1 saturated heterocycles. The van der Waals surface area contributed by atoms with Crippen molar-refractivity contribution < 1.29 is 14.4 Å². The number of barbiturate groups is 1. The first-order valence-corrected chi connectivity index (χ1v) is 9.09. The number of rotatable bonds is 3. The summed E-state index contributed by atoms with van der Waals surface area (Å²) in [6.45, 7) is 0. The number of pyridine rings is 1. The van der Waals surface area contributed by atoms with E-state index in [1.807, 2.05) is 41.1 Å². The number of nitrogens with zero attached hydrogens (tertiary/aromatic N) is 3. The molecule has 0 radical (unpaired) electrons. The number of imide groups is 2. The summed E-state index contributed by atoms with van der Waals surface area (Å²) >= 11 is 3.40. The largest absolute Gasteiger partial charge is 0.336 e. The maximum absolute atomic E-state index is 12.9. The number of urea groups is 1. The first-order valence-electron chi connectivity index (χ1n) is 8.29. The number of hydrogen-bond acceptors (Lipinski definition) is 4. The Hall–Kier alpha value is -3.52. The van der Waals surface area contributed by atoms with E-state index in [0.29, 0.717) is 5.69 Å². The zero-order valence-electron chi connectivity index (χ0n) is 14.4. The second kappa shape index (κ2) is 7.24. The molecule has 1 N–H and O–H groups in total. The smallest absolute Gasteiger partial charge is 0.317 e. The molecule has 8 heteroatoms. The average molecular weight is 437 g/mol. The van der Waals surface area contributed by atoms with E-state index in [-0.39, 0.29) is 11.3 Å². The van der Waals surface area contributed by atoms with Crippen molar-refractivity contribution in [1.29, 1.82) is 0 Å². The van der Waals surface area contributed by atoms with Crippen LogP contribution in [0.5, 0.6) is 0 Å². The van der Waals surface area contributed by atoms with Gasteiger partial charge in [0, 0.05) is 28.2 Å². The van der Waals surface area contributed by atoms with E-state index in [4.69, 9.17) is 0 Å². The fraction of sp³-hybridized carbons (Fsp3) is 0. The maximum Gasteiger partial charge on any atom is 0.336 e. The summed E-state index contributed by atoms with van der Waals surface area (Å²) in [7, 11) is 0. The molecule has 0 atom stereocenters. The second-order valence-corrected chi connectivity index (χ2v) is 6.86. The normalized spacial score (nSPS) is 15.8. The van der Waals surface area contributed by atoms with Crippen molar-refractivity contribution in [2.45, 2.75) is 0 Å². The van der Waals surface area contributed by atoms with E-state index >= 15 is 0 Å². The van der Waals surface area contributed by atoms with Gasteiger partial charge in [0.25, 0.3) is 11.8 Å². The van der Waals surface area contributed by atoms with Crippen molar-refractivity contribution in [1.82, 2.24) is 14.9 Å². The molecule has 3 heterocycles. The number of carbonyl (C=O) groups is 3. The Morgan fingerprint density at radius 3 is 2.46 bits per heavy atom. The SMILES string of the molecule is O=C1NC(=O)N(c2cccnc2)C(=O)/C1=C\c1cccn1-c1ccc(Br)cc1. The van der Waals surface area contributed by atoms with Crippen LogP contribution in [0.1, 0.15) is 5.69 Å². The molecule has 2 aromatic heterocycles.